The second-order valence-corrected chi connectivity index (χ2v) is 4.22. The third kappa shape index (κ3) is 2.98. The Bertz CT molecular complexity index is 614. The van der Waals surface area contributed by atoms with Crippen LogP contribution in [0, 0.1) is 5.41 Å². The highest BCUT2D eigenvalue weighted by atomic mass is 35.5. The zero-order valence-electron chi connectivity index (χ0n) is 10.3. The van der Waals surface area contributed by atoms with Crippen molar-refractivity contribution >= 4 is 17.4 Å². The summed E-state index contributed by atoms with van der Waals surface area (Å²) in [4.78, 5) is 0. The van der Waals surface area contributed by atoms with E-state index in [0.29, 0.717) is 27.8 Å². The van der Waals surface area contributed by atoms with Crippen molar-refractivity contribution < 1.29 is 9.47 Å². The molecule has 0 aliphatic rings. The summed E-state index contributed by atoms with van der Waals surface area (Å²) in [6.45, 7) is 0. The van der Waals surface area contributed by atoms with Crippen LogP contribution >= 0.6 is 11.6 Å². The van der Waals surface area contributed by atoms with E-state index in [-0.39, 0.29) is 5.84 Å². The van der Waals surface area contributed by atoms with Gasteiger partial charge in [0.15, 0.2) is 11.5 Å². The molecule has 19 heavy (non-hydrogen) atoms. The molecule has 0 radical (unpaired) electrons. The molecule has 0 heterocycles. The lowest BCUT2D eigenvalue weighted by Crippen LogP contribution is -2.10. The second kappa shape index (κ2) is 5.63. The molecule has 0 aliphatic carbocycles. The number of hydrogen-bond donors (Lipinski definition) is 2. The van der Waals surface area contributed by atoms with Crippen molar-refractivity contribution in [1.29, 1.82) is 5.41 Å². The molecule has 5 heteroatoms. The van der Waals surface area contributed by atoms with Crippen LogP contribution in [0.3, 0.4) is 0 Å². The largest absolute Gasteiger partial charge is 0.493 e. The van der Waals surface area contributed by atoms with Gasteiger partial charge in [-0.25, -0.2) is 0 Å². The van der Waals surface area contributed by atoms with Crippen LogP contribution in [0.15, 0.2) is 42.5 Å². The summed E-state index contributed by atoms with van der Waals surface area (Å²) in [5, 5.41) is 7.73. The van der Waals surface area contributed by atoms with E-state index in [4.69, 9.17) is 32.2 Å². The molecule has 2 aromatic rings. The smallest absolute Gasteiger partial charge is 0.169 e. The summed E-state index contributed by atoms with van der Waals surface area (Å²) in [5.74, 6) is 1.64. The summed E-state index contributed by atoms with van der Waals surface area (Å²) in [6.07, 6.45) is 0. The minimum Gasteiger partial charge on any atom is -0.493 e. The zero-order valence-corrected chi connectivity index (χ0v) is 11.1. The molecule has 0 saturated heterocycles. The molecule has 98 valence electrons. The van der Waals surface area contributed by atoms with Crippen LogP contribution in [0.25, 0.3) is 0 Å². The minimum atomic E-state index is -0.0364. The monoisotopic (exact) mass is 276 g/mol. The normalized spacial score (nSPS) is 10.0. The van der Waals surface area contributed by atoms with Gasteiger partial charge in [-0.1, -0.05) is 23.7 Å². The molecule has 0 aliphatic heterocycles. The fourth-order valence-electron chi connectivity index (χ4n) is 1.57. The Morgan fingerprint density at radius 3 is 2.37 bits per heavy atom. The highest BCUT2D eigenvalue weighted by molar-refractivity contribution is 6.32. The Balaban J connectivity index is 2.31. The Hall–Kier alpha value is -2.20. The predicted molar refractivity (Wildman–Crippen MR) is 75.5 cm³/mol. The van der Waals surface area contributed by atoms with Crippen LogP contribution < -0.4 is 15.2 Å². The van der Waals surface area contributed by atoms with Crippen LogP contribution in [0.5, 0.6) is 17.2 Å². The number of nitrogens with one attached hydrogen (secondary N) is 1. The van der Waals surface area contributed by atoms with E-state index in [0.717, 1.165) is 0 Å². The molecule has 0 bridgehead atoms. The summed E-state index contributed by atoms with van der Waals surface area (Å²) >= 11 is 6.10. The topological polar surface area (TPSA) is 68.3 Å². The maximum atomic E-state index is 7.35. The average Bonchev–Trinajstić information content (AvgIpc) is 2.41. The van der Waals surface area contributed by atoms with Gasteiger partial charge in [-0.05, 0) is 30.3 Å². The first-order valence-corrected chi connectivity index (χ1v) is 5.94. The van der Waals surface area contributed by atoms with E-state index in [2.05, 4.69) is 0 Å². The van der Waals surface area contributed by atoms with Gasteiger partial charge < -0.3 is 15.2 Å². The Labute approximate surface area is 116 Å². The Morgan fingerprint density at radius 2 is 1.79 bits per heavy atom. The SMILES string of the molecule is COc1ccccc1Oc1ccc(C(=N)N)cc1Cl. The highest BCUT2D eigenvalue weighted by Gasteiger charge is 2.09. The molecule has 2 rings (SSSR count). The fourth-order valence-corrected chi connectivity index (χ4v) is 1.79. The number of para-hydroxylation sites is 2. The molecule has 0 unspecified atom stereocenters. The molecule has 2 aromatic carbocycles. The van der Waals surface area contributed by atoms with Gasteiger partial charge in [0.1, 0.15) is 11.6 Å². The molecule has 0 atom stereocenters. The highest BCUT2D eigenvalue weighted by Crippen LogP contribution is 2.34. The fraction of sp³-hybridized carbons (Fsp3) is 0.0714. The van der Waals surface area contributed by atoms with Crippen molar-refractivity contribution in [2.24, 2.45) is 5.73 Å². The van der Waals surface area contributed by atoms with Gasteiger partial charge >= 0.3 is 0 Å². The summed E-state index contributed by atoms with van der Waals surface area (Å²) in [7, 11) is 1.57. The molecule has 0 fully saturated rings. The van der Waals surface area contributed by atoms with E-state index < -0.39 is 0 Å². The molecule has 0 amide bonds. The number of rotatable bonds is 4. The maximum absolute atomic E-state index is 7.35. The number of hydrogen-bond acceptors (Lipinski definition) is 3. The number of methoxy groups -OCH3 is 1. The van der Waals surface area contributed by atoms with Gasteiger partial charge in [-0.2, -0.15) is 0 Å². The van der Waals surface area contributed by atoms with Crippen LogP contribution in [-0.2, 0) is 0 Å². The van der Waals surface area contributed by atoms with Crippen molar-refractivity contribution in [3.8, 4) is 17.2 Å². The Morgan fingerprint density at radius 1 is 1.11 bits per heavy atom. The van der Waals surface area contributed by atoms with E-state index in [1.807, 2.05) is 12.1 Å². The summed E-state index contributed by atoms with van der Waals surface area (Å²) in [6, 6.07) is 12.2. The van der Waals surface area contributed by atoms with Gasteiger partial charge in [0.25, 0.3) is 0 Å². The lowest BCUT2D eigenvalue weighted by Gasteiger charge is -2.11. The first-order chi connectivity index (χ1) is 9.11. The Kier molecular flexibility index (Phi) is 3.92. The molecule has 4 nitrogen and oxygen atoms in total. The number of nitrogen functional groups attached to an aromatic ring is 1. The number of benzene rings is 2. The number of halogens is 1. The summed E-state index contributed by atoms with van der Waals surface area (Å²) in [5.41, 5.74) is 5.95. The van der Waals surface area contributed by atoms with Gasteiger partial charge in [-0.3, -0.25) is 5.41 Å². The number of ether oxygens (including phenoxy) is 2. The standard InChI is InChI=1S/C14H13ClN2O2/c1-18-12-4-2-3-5-13(12)19-11-7-6-9(14(16)17)8-10(11)15/h2-8H,1H3,(H3,16,17). The molecule has 0 saturated carbocycles. The average molecular weight is 277 g/mol. The van der Waals surface area contributed by atoms with Crippen molar-refractivity contribution in [2.45, 2.75) is 0 Å². The molecular formula is C14H13ClN2O2. The lowest BCUT2D eigenvalue weighted by atomic mass is 10.2. The maximum Gasteiger partial charge on any atom is 0.169 e. The first-order valence-electron chi connectivity index (χ1n) is 5.56. The van der Waals surface area contributed by atoms with Gasteiger partial charge in [-0.15, -0.1) is 0 Å². The molecule has 0 aromatic heterocycles. The van der Waals surface area contributed by atoms with Crippen molar-refractivity contribution in [3.63, 3.8) is 0 Å². The zero-order chi connectivity index (χ0) is 13.8. The quantitative estimate of drug-likeness (QED) is 0.664. The second-order valence-electron chi connectivity index (χ2n) is 3.81. The lowest BCUT2D eigenvalue weighted by molar-refractivity contribution is 0.379. The van der Waals surface area contributed by atoms with Crippen molar-refractivity contribution in [1.82, 2.24) is 0 Å². The van der Waals surface area contributed by atoms with Crippen molar-refractivity contribution in [2.75, 3.05) is 7.11 Å². The molecule has 3 N–H and O–H groups in total. The van der Waals surface area contributed by atoms with Gasteiger partial charge in [0, 0.05) is 5.56 Å². The number of amidine groups is 1. The third-order valence-corrected chi connectivity index (χ3v) is 2.83. The van der Waals surface area contributed by atoms with Crippen LogP contribution in [0.4, 0.5) is 0 Å². The van der Waals surface area contributed by atoms with Crippen LogP contribution in [0.1, 0.15) is 5.56 Å². The predicted octanol–water partition coefficient (Wildman–Crippen LogP) is 3.42. The third-order valence-electron chi connectivity index (χ3n) is 2.53. The summed E-state index contributed by atoms with van der Waals surface area (Å²) < 4.78 is 10.9. The van der Waals surface area contributed by atoms with E-state index >= 15 is 0 Å². The van der Waals surface area contributed by atoms with Crippen LogP contribution in [0.2, 0.25) is 5.02 Å². The van der Waals surface area contributed by atoms with E-state index in [9.17, 15) is 0 Å². The van der Waals surface area contributed by atoms with Crippen molar-refractivity contribution in [3.05, 3.63) is 53.1 Å². The molecular weight excluding hydrogens is 264 g/mol. The minimum absolute atomic E-state index is 0.0364. The van der Waals surface area contributed by atoms with E-state index in [1.54, 1.807) is 37.4 Å². The van der Waals surface area contributed by atoms with Crippen LogP contribution in [-0.4, -0.2) is 12.9 Å². The van der Waals surface area contributed by atoms with Gasteiger partial charge in [0.2, 0.25) is 0 Å². The molecule has 0 spiro atoms. The van der Waals surface area contributed by atoms with E-state index in [1.165, 1.54) is 0 Å². The number of nitrogens with two attached hydrogens (primary N) is 1. The first kappa shape index (κ1) is 13.2. The van der Waals surface area contributed by atoms with Gasteiger partial charge in [0.05, 0.1) is 12.1 Å².